The van der Waals surface area contributed by atoms with Crippen molar-refractivity contribution < 1.29 is 4.39 Å². The highest BCUT2D eigenvalue weighted by atomic mass is 32.2. The van der Waals surface area contributed by atoms with Crippen LogP contribution in [0.3, 0.4) is 0 Å². The molecule has 0 saturated heterocycles. The van der Waals surface area contributed by atoms with Crippen LogP contribution in [0, 0.1) is 12.7 Å². The van der Waals surface area contributed by atoms with E-state index < -0.39 is 0 Å². The van der Waals surface area contributed by atoms with Crippen molar-refractivity contribution in [1.82, 2.24) is 0 Å². The topological polar surface area (TPSA) is 24.4 Å². The van der Waals surface area contributed by atoms with Crippen molar-refractivity contribution in [3.8, 4) is 0 Å². The summed E-state index contributed by atoms with van der Waals surface area (Å²) in [5.41, 5.74) is 1.61. The number of amidine groups is 1. The van der Waals surface area contributed by atoms with Gasteiger partial charge in [0.2, 0.25) is 0 Å². The third-order valence-electron chi connectivity index (χ3n) is 3.72. The van der Waals surface area contributed by atoms with E-state index in [9.17, 15) is 4.39 Å². The Hall–Kier alpha value is -1.03. The zero-order valence-electron chi connectivity index (χ0n) is 10.5. The molecular weight excluding hydrogens is 247 g/mol. The summed E-state index contributed by atoms with van der Waals surface area (Å²) in [4.78, 5) is 4.78. The minimum atomic E-state index is -0.203. The first-order chi connectivity index (χ1) is 8.67. The highest BCUT2D eigenvalue weighted by molar-refractivity contribution is 8.14. The molecule has 1 aromatic carbocycles. The lowest BCUT2D eigenvalue weighted by molar-refractivity contribution is 0.508. The number of thioether (sulfide) groups is 1. The molecule has 0 unspecified atom stereocenters. The maximum absolute atomic E-state index is 13.7. The molecule has 0 bridgehead atoms. The summed E-state index contributed by atoms with van der Waals surface area (Å²) >= 11 is 1.72. The summed E-state index contributed by atoms with van der Waals surface area (Å²) in [7, 11) is 0. The molecule has 1 saturated carbocycles. The van der Waals surface area contributed by atoms with Gasteiger partial charge in [-0.2, -0.15) is 0 Å². The first-order valence-electron chi connectivity index (χ1n) is 6.43. The summed E-state index contributed by atoms with van der Waals surface area (Å²) in [5.74, 6) is 0.841. The number of benzene rings is 1. The quantitative estimate of drug-likeness (QED) is 0.830. The van der Waals surface area contributed by atoms with Gasteiger partial charge in [0.25, 0.3) is 0 Å². The summed E-state index contributed by atoms with van der Waals surface area (Å²) in [6, 6.07) is 5.25. The van der Waals surface area contributed by atoms with E-state index in [-0.39, 0.29) is 11.4 Å². The largest absolute Gasteiger partial charge is 0.333 e. The number of aliphatic imine (C=N–C) groups is 1. The highest BCUT2D eigenvalue weighted by Crippen LogP contribution is 2.41. The van der Waals surface area contributed by atoms with Gasteiger partial charge in [-0.15, -0.1) is 0 Å². The van der Waals surface area contributed by atoms with Crippen molar-refractivity contribution in [3.63, 3.8) is 0 Å². The Bertz CT molecular complexity index is 493. The number of anilines is 1. The molecule has 0 aromatic heterocycles. The Morgan fingerprint density at radius 1 is 1.33 bits per heavy atom. The summed E-state index contributed by atoms with van der Waals surface area (Å²) in [6.07, 6.45) is 4.91. The second kappa shape index (κ2) is 4.57. The molecule has 1 aliphatic carbocycles. The highest BCUT2D eigenvalue weighted by Gasteiger charge is 2.38. The molecule has 1 N–H and O–H groups in total. The van der Waals surface area contributed by atoms with Gasteiger partial charge in [-0.1, -0.05) is 30.7 Å². The smallest absolute Gasteiger partial charge is 0.161 e. The second-order valence-corrected chi connectivity index (χ2v) is 6.21. The van der Waals surface area contributed by atoms with Crippen LogP contribution in [0.5, 0.6) is 0 Å². The SMILES string of the molecule is Cc1ccc(NC2=NC3(CCCC3)CS2)c(F)c1. The fourth-order valence-electron chi connectivity index (χ4n) is 2.67. The van der Waals surface area contributed by atoms with E-state index in [4.69, 9.17) is 4.99 Å². The van der Waals surface area contributed by atoms with Crippen LogP contribution in [0.25, 0.3) is 0 Å². The monoisotopic (exact) mass is 264 g/mol. The molecule has 18 heavy (non-hydrogen) atoms. The van der Waals surface area contributed by atoms with Crippen molar-refractivity contribution in [2.24, 2.45) is 4.99 Å². The van der Waals surface area contributed by atoms with E-state index in [0.717, 1.165) is 16.5 Å². The van der Waals surface area contributed by atoms with Crippen LogP contribution in [0.15, 0.2) is 23.2 Å². The van der Waals surface area contributed by atoms with E-state index in [2.05, 4.69) is 5.32 Å². The lowest BCUT2D eigenvalue weighted by Crippen LogP contribution is -2.21. The molecule has 1 aliphatic heterocycles. The second-order valence-electron chi connectivity index (χ2n) is 5.25. The summed E-state index contributed by atoms with van der Waals surface area (Å²) < 4.78 is 13.7. The van der Waals surface area contributed by atoms with Crippen LogP contribution in [0.1, 0.15) is 31.2 Å². The van der Waals surface area contributed by atoms with E-state index >= 15 is 0 Å². The number of aryl methyl sites for hydroxylation is 1. The van der Waals surface area contributed by atoms with E-state index in [1.165, 1.54) is 25.7 Å². The van der Waals surface area contributed by atoms with Crippen LogP contribution in [-0.4, -0.2) is 16.5 Å². The minimum absolute atomic E-state index is 0.147. The van der Waals surface area contributed by atoms with Gasteiger partial charge < -0.3 is 5.32 Å². The summed E-state index contributed by atoms with van der Waals surface area (Å²) in [5, 5.41) is 4.00. The minimum Gasteiger partial charge on any atom is -0.333 e. The number of nitrogens with one attached hydrogen (secondary N) is 1. The number of hydrogen-bond donors (Lipinski definition) is 1. The summed E-state index contributed by atoms with van der Waals surface area (Å²) in [6.45, 7) is 1.89. The van der Waals surface area contributed by atoms with Crippen LogP contribution < -0.4 is 5.32 Å². The zero-order valence-corrected chi connectivity index (χ0v) is 11.3. The lowest BCUT2D eigenvalue weighted by atomic mass is 10.0. The molecular formula is C14H17FN2S. The average molecular weight is 264 g/mol. The fraction of sp³-hybridized carbons (Fsp3) is 0.500. The third kappa shape index (κ3) is 2.26. The van der Waals surface area contributed by atoms with E-state index in [1.807, 2.05) is 13.0 Å². The van der Waals surface area contributed by atoms with Crippen LogP contribution in [0.4, 0.5) is 10.1 Å². The maximum Gasteiger partial charge on any atom is 0.161 e. The van der Waals surface area contributed by atoms with Gasteiger partial charge in [-0.05, 0) is 37.5 Å². The van der Waals surface area contributed by atoms with Gasteiger partial charge in [-0.25, -0.2) is 4.39 Å². The van der Waals surface area contributed by atoms with Gasteiger partial charge in [0.1, 0.15) is 5.82 Å². The predicted octanol–water partition coefficient (Wildman–Crippen LogP) is 3.96. The van der Waals surface area contributed by atoms with Gasteiger partial charge in [0.05, 0.1) is 11.2 Å². The Labute approximate surface area is 111 Å². The molecule has 2 aliphatic rings. The maximum atomic E-state index is 13.7. The molecule has 2 nitrogen and oxygen atoms in total. The number of hydrogen-bond acceptors (Lipinski definition) is 3. The predicted molar refractivity (Wildman–Crippen MR) is 75.9 cm³/mol. The lowest BCUT2D eigenvalue weighted by Gasteiger charge is -2.16. The van der Waals surface area contributed by atoms with E-state index in [1.54, 1.807) is 23.9 Å². The third-order valence-corrected chi connectivity index (χ3v) is 4.87. The molecule has 1 spiro atoms. The number of rotatable bonds is 1. The van der Waals surface area contributed by atoms with Crippen molar-refractivity contribution in [2.45, 2.75) is 38.1 Å². The number of nitrogens with zero attached hydrogens (tertiary/aromatic N) is 1. The molecule has 0 amide bonds. The van der Waals surface area contributed by atoms with Crippen LogP contribution in [0.2, 0.25) is 0 Å². The van der Waals surface area contributed by atoms with E-state index in [0.29, 0.717) is 5.69 Å². The molecule has 1 fully saturated rings. The first kappa shape index (κ1) is 12.0. The van der Waals surface area contributed by atoms with Gasteiger partial charge in [0.15, 0.2) is 5.17 Å². The number of halogens is 1. The molecule has 1 aromatic rings. The van der Waals surface area contributed by atoms with Gasteiger partial charge in [0, 0.05) is 5.75 Å². The molecule has 1 heterocycles. The first-order valence-corrected chi connectivity index (χ1v) is 7.41. The Morgan fingerprint density at radius 3 is 2.83 bits per heavy atom. The molecule has 96 valence electrons. The molecule has 0 atom stereocenters. The van der Waals surface area contributed by atoms with Crippen molar-refractivity contribution >= 4 is 22.6 Å². The van der Waals surface area contributed by atoms with Crippen molar-refractivity contribution in [3.05, 3.63) is 29.6 Å². The van der Waals surface area contributed by atoms with Crippen molar-refractivity contribution in [1.29, 1.82) is 0 Å². The molecule has 4 heteroatoms. The van der Waals surface area contributed by atoms with Crippen LogP contribution in [-0.2, 0) is 0 Å². The van der Waals surface area contributed by atoms with Gasteiger partial charge >= 0.3 is 0 Å². The molecule has 3 rings (SSSR count). The fourth-order valence-corrected chi connectivity index (χ4v) is 3.87. The zero-order chi connectivity index (χ0) is 12.6. The standard InChI is InChI=1S/C14H17FN2S/c1-10-4-5-12(11(15)8-10)16-13-17-14(9-18-13)6-2-3-7-14/h4-5,8H,2-3,6-7,9H2,1H3,(H,16,17). The normalized spacial score (nSPS) is 21.3. The average Bonchev–Trinajstić information content (AvgIpc) is 2.94. The molecule has 0 radical (unpaired) electrons. The Balaban J connectivity index is 1.77. The Kier molecular flexibility index (Phi) is 3.06. The van der Waals surface area contributed by atoms with Crippen LogP contribution >= 0.6 is 11.8 Å². The van der Waals surface area contributed by atoms with Gasteiger partial charge in [-0.3, -0.25) is 4.99 Å². The van der Waals surface area contributed by atoms with Crippen molar-refractivity contribution in [2.75, 3.05) is 11.1 Å². The Morgan fingerprint density at radius 2 is 2.11 bits per heavy atom.